The van der Waals surface area contributed by atoms with Crippen molar-refractivity contribution in [2.75, 3.05) is 44.0 Å². The Morgan fingerprint density at radius 2 is 1.43 bits per heavy atom. The molecule has 28 heavy (non-hydrogen) atoms. The number of urea groups is 1. The van der Waals surface area contributed by atoms with Crippen LogP contribution in [0.5, 0.6) is 0 Å². The third kappa shape index (κ3) is 4.47. The lowest BCUT2D eigenvalue weighted by atomic mass is 10.1. The Balaban J connectivity index is 1.75. The summed E-state index contributed by atoms with van der Waals surface area (Å²) in [5.74, 6) is -0.729. The van der Waals surface area contributed by atoms with E-state index in [9.17, 15) is 14.4 Å². The number of benzene rings is 2. The van der Waals surface area contributed by atoms with Crippen molar-refractivity contribution in [3.8, 4) is 0 Å². The van der Waals surface area contributed by atoms with Gasteiger partial charge in [-0.05, 0) is 24.3 Å². The summed E-state index contributed by atoms with van der Waals surface area (Å²) in [6, 6.07) is 12.7. The van der Waals surface area contributed by atoms with E-state index in [2.05, 4.69) is 10.6 Å². The summed E-state index contributed by atoms with van der Waals surface area (Å²) in [6.45, 7) is 2.00. The van der Waals surface area contributed by atoms with Gasteiger partial charge in [-0.25, -0.2) is 9.59 Å². The summed E-state index contributed by atoms with van der Waals surface area (Å²) in [6.07, 6.45) is 0. The molecule has 3 amide bonds. The Kier molecular flexibility index (Phi) is 6.23. The maximum absolute atomic E-state index is 12.8. The number of nitrogens with zero attached hydrogens (tertiary/aromatic N) is 1. The van der Waals surface area contributed by atoms with Crippen molar-refractivity contribution < 1.29 is 23.9 Å². The first-order chi connectivity index (χ1) is 13.6. The van der Waals surface area contributed by atoms with Crippen LogP contribution in [0.2, 0.25) is 0 Å². The summed E-state index contributed by atoms with van der Waals surface area (Å²) in [5, 5.41) is 5.31. The van der Waals surface area contributed by atoms with E-state index in [1.807, 2.05) is 0 Å². The number of carbonyl (C=O) groups excluding carboxylic acids is 3. The van der Waals surface area contributed by atoms with E-state index in [1.54, 1.807) is 53.4 Å². The molecule has 8 nitrogen and oxygen atoms in total. The Labute approximate surface area is 162 Å². The van der Waals surface area contributed by atoms with E-state index in [0.29, 0.717) is 43.2 Å². The topological polar surface area (TPSA) is 97.0 Å². The molecule has 146 valence electrons. The lowest BCUT2D eigenvalue weighted by Gasteiger charge is -2.27. The van der Waals surface area contributed by atoms with Crippen molar-refractivity contribution in [3.05, 3.63) is 59.7 Å². The predicted molar refractivity (Wildman–Crippen MR) is 104 cm³/mol. The van der Waals surface area contributed by atoms with Crippen LogP contribution in [0, 0.1) is 0 Å². The average Bonchev–Trinajstić information content (AvgIpc) is 2.74. The summed E-state index contributed by atoms with van der Waals surface area (Å²) in [5.41, 5.74) is 1.31. The Bertz CT molecular complexity index is 878. The van der Waals surface area contributed by atoms with Crippen LogP contribution in [-0.2, 0) is 9.47 Å². The molecule has 0 unspecified atom stereocenters. The predicted octanol–water partition coefficient (Wildman–Crippen LogP) is 2.59. The second kappa shape index (κ2) is 9.01. The summed E-state index contributed by atoms with van der Waals surface area (Å²) in [4.78, 5) is 38.8. The second-order valence-corrected chi connectivity index (χ2v) is 6.07. The zero-order valence-corrected chi connectivity index (χ0v) is 15.4. The van der Waals surface area contributed by atoms with Crippen LogP contribution in [-0.4, -0.2) is 56.2 Å². The minimum absolute atomic E-state index is 0.172. The molecule has 0 aromatic heterocycles. The van der Waals surface area contributed by atoms with E-state index in [0.717, 1.165) is 0 Å². The summed E-state index contributed by atoms with van der Waals surface area (Å²) >= 11 is 0. The molecule has 3 rings (SSSR count). The maximum Gasteiger partial charge on any atom is 0.339 e. The van der Waals surface area contributed by atoms with Gasteiger partial charge in [0.15, 0.2) is 0 Å². The van der Waals surface area contributed by atoms with Crippen LogP contribution >= 0.6 is 0 Å². The van der Waals surface area contributed by atoms with Gasteiger partial charge < -0.3 is 25.0 Å². The number of hydrogen-bond donors (Lipinski definition) is 2. The highest BCUT2D eigenvalue weighted by Gasteiger charge is 2.22. The van der Waals surface area contributed by atoms with Gasteiger partial charge in [-0.1, -0.05) is 24.3 Å². The van der Waals surface area contributed by atoms with Crippen LogP contribution in [0.25, 0.3) is 0 Å². The number of anilines is 2. The molecule has 0 saturated carbocycles. The highest BCUT2D eigenvalue weighted by molar-refractivity contribution is 6.08. The zero-order chi connectivity index (χ0) is 19.9. The van der Waals surface area contributed by atoms with Crippen molar-refractivity contribution in [2.24, 2.45) is 0 Å². The van der Waals surface area contributed by atoms with Crippen LogP contribution in [0.1, 0.15) is 20.7 Å². The molecule has 0 spiro atoms. The fourth-order valence-electron chi connectivity index (χ4n) is 2.87. The molecule has 1 saturated heterocycles. The van der Waals surface area contributed by atoms with Gasteiger partial charge >= 0.3 is 12.0 Å². The van der Waals surface area contributed by atoms with Crippen molar-refractivity contribution in [1.29, 1.82) is 0 Å². The van der Waals surface area contributed by atoms with Gasteiger partial charge in [0.1, 0.15) is 0 Å². The number of carbonyl (C=O) groups is 3. The van der Waals surface area contributed by atoms with Gasteiger partial charge in [0.2, 0.25) is 0 Å². The van der Waals surface area contributed by atoms with E-state index >= 15 is 0 Å². The fourth-order valence-corrected chi connectivity index (χ4v) is 2.87. The quantitative estimate of drug-likeness (QED) is 0.791. The second-order valence-electron chi connectivity index (χ2n) is 6.07. The van der Waals surface area contributed by atoms with Crippen molar-refractivity contribution in [1.82, 2.24) is 4.90 Å². The highest BCUT2D eigenvalue weighted by Crippen LogP contribution is 2.20. The Hall–Kier alpha value is -3.39. The lowest BCUT2D eigenvalue weighted by molar-refractivity contribution is 0.0303. The minimum Gasteiger partial charge on any atom is -0.465 e. The molecule has 8 heteroatoms. The van der Waals surface area contributed by atoms with Gasteiger partial charge in [-0.2, -0.15) is 0 Å². The van der Waals surface area contributed by atoms with Crippen molar-refractivity contribution >= 4 is 29.3 Å². The van der Waals surface area contributed by atoms with E-state index in [4.69, 9.17) is 9.47 Å². The molecule has 0 bridgehead atoms. The molecule has 2 aromatic rings. The normalized spacial score (nSPS) is 13.5. The molecule has 2 N–H and O–H groups in total. The molecular formula is C20H21N3O5. The monoisotopic (exact) mass is 383 g/mol. The molecule has 1 heterocycles. The van der Waals surface area contributed by atoms with E-state index in [1.165, 1.54) is 7.11 Å². The SMILES string of the molecule is COC(=O)c1ccccc1NC(=O)Nc1ccccc1C(=O)N1CCOCC1. The molecule has 0 radical (unpaired) electrons. The van der Waals surface area contributed by atoms with Gasteiger partial charge in [0, 0.05) is 13.1 Å². The lowest BCUT2D eigenvalue weighted by Crippen LogP contribution is -2.41. The van der Waals surface area contributed by atoms with Crippen LogP contribution in [0.4, 0.5) is 16.2 Å². The Morgan fingerprint density at radius 1 is 0.893 bits per heavy atom. The van der Waals surface area contributed by atoms with Gasteiger partial charge in [-0.15, -0.1) is 0 Å². The molecule has 1 aliphatic heterocycles. The number of nitrogens with one attached hydrogen (secondary N) is 2. The van der Waals surface area contributed by atoms with Crippen LogP contribution in [0.15, 0.2) is 48.5 Å². The first-order valence-corrected chi connectivity index (χ1v) is 8.81. The summed E-state index contributed by atoms with van der Waals surface area (Å²) < 4.78 is 10.00. The number of morpholine rings is 1. The molecule has 0 aliphatic carbocycles. The fraction of sp³-hybridized carbons (Fsp3) is 0.250. The highest BCUT2D eigenvalue weighted by atomic mass is 16.5. The molecule has 1 aliphatic rings. The van der Waals surface area contributed by atoms with Gasteiger partial charge in [-0.3, -0.25) is 4.79 Å². The minimum atomic E-state index is -0.571. The number of ether oxygens (including phenoxy) is 2. The van der Waals surface area contributed by atoms with E-state index in [-0.39, 0.29) is 11.5 Å². The Morgan fingerprint density at radius 3 is 2.04 bits per heavy atom. The van der Waals surface area contributed by atoms with Crippen LogP contribution in [0.3, 0.4) is 0 Å². The molecular weight excluding hydrogens is 362 g/mol. The number of hydrogen-bond acceptors (Lipinski definition) is 5. The first kappa shape index (κ1) is 19.4. The summed E-state index contributed by atoms with van der Waals surface area (Å²) in [7, 11) is 1.27. The standard InChI is InChI=1S/C20H21N3O5/c1-27-19(25)15-7-3-5-9-17(15)22-20(26)21-16-8-4-2-6-14(16)18(24)23-10-12-28-13-11-23/h2-9H,10-13H2,1H3,(H2,21,22,26). The zero-order valence-electron chi connectivity index (χ0n) is 15.4. The third-order valence-corrected chi connectivity index (χ3v) is 4.28. The third-order valence-electron chi connectivity index (χ3n) is 4.28. The number of esters is 1. The van der Waals surface area contributed by atoms with Crippen molar-refractivity contribution in [2.45, 2.75) is 0 Å². The largest absolute Gasteiger partial charge is 0.465 e. The molecule has 0 atom stereocenters. The van der Waals surface area contributed by atoms with Crippen molar-refractivity contribution in [3.63, 3.8) is 0 Å². The number of rotatable bonds is 4. The van der Waals surface area contributed by atoms with E-state index < -0.39 is 12.0 Å². The molecule has 2 aromatic carbocycles. The number of para-hydroxylation sites is 2. The van der Waals surface area contributed by atoms with Crippen LogP contribution < -0.4 is 10.6 Å². The molecule has 1 fully saturated rings. The average molecular weight is 383 g/mol. The first-order valence-electron chi connectivity index (χ1n) is 8.81. The maximum atomic E-state index is 12.8. The number of amides is 3. The van der Waals surface area contributed by atoms with Gasteiger partial charge in [0.05, 0.1) is 42.8 Å². The smallest absolute Gasteiger partial charge is 0.339 e. The van der Waals surface area contributed by atoms with Gasteiger partial charge in [0.25, 0.3) is 5.91 Å². The number of methoxy groups -OCH3 is 1.